The van der Waals surface area contributed by atoms with Crippen molar-refractivity contribution in [3.63, 3.8) is 0 Å². The van der Waals surface area contributed by atoms with Crippen LogP contribution < -0.4 is 5.32 Å². The highest BCUT2D eigenvalue weighted by atomic mass is 79.9. The van der Waals surface area contributed by atoms with E-state index in [1.165, 1.54) is 0 Å². The summed E-state index contributed by atoms with van der Waals surface area (Å²) in [5.41, 5.74) is 0.949. The van der Waals surface area contributed by atoms with E-state index in [9.17, 15) is 0 Å². The Bertz CT molecular complexity index is 585. The van der Waals surface area contributed by atoms with Crippen molar-refractivity contribution in [2.24, 2.45) is 0 Å². The molecule has 1 aliphatic rings. The SMILES string of the molecule is CCCNC1COCC1c1nc(-c2ccc(Br)cc2)no1. The molecule has 1 aromatic carbocycles. The Morgan fingerprint density at radius 3 is 2.86 bits per heavy atom. The Morgan fingerprint density at radius 1 is 1.29 bits per heavy atom. The largest absolute Gasteiger partial charge is 0.379 e. The molecule has 0 bridgehead atoms. The molecule has 2 heterocycles. The number of nitrogens with one attached hydrogen (secondary N) is 1. The van der Waals surface area contributed by atoms with Crippen LogP contribution in [0.2, 0.25) is 0 Å². The van der Waals surface area contributed by atoms with Crippen molar-refractivity contribution in [1.82, 2.24) is 15.5 Å². The number of hydrogen-bond acceptors (Lipinski definition) is 5. The summed E-state index contributed by atoms with van der Waals surface area (Å²) in [6.45, 7) is 4.44. The molecular weight excluding hydrogens is 334 g/mol. The number of nitrogens with zero attached hydrogens (tertiary/aromatic N) is 2. The summed E-state index contributed by atoms with van der Waals surface area (Å²) in [6, 6.07) is 8.13. The van der Waals surface area contributed by atoms with Gasteiger partial charge >= 0.3 is 0 Å². The fourth-order valence-electron chi connectivity index (χ4n) is 2.43. The van der Waals surface area contributed by atoms with Crippen molar-refractivity contribution in [2.45, 2.75) is 25.3 Å². The van der Waals surface area contributed by atoms with Crippen LogP contribution in [0, 0.1) is 0 Å². The van der Waals surface area contributed by atoms with Crippen LogP contribution in [0.5, 0.6) is 0 Å². The van der Waals surface area contributed by atoms with E-state index in [-0.39, 0.29) is 12.0 Å². The third-order valence-electron chi connectivity index (χ3n) is 3.60. The van der Waals surface area contributed by atoms with Gasteiger partial charge < -0.3 is 14.6 Å². The lowest BCUT2D eigenvalue weighted by Gasteiger charge is -2.14. The van der Waals surface area contributed by atoms with Gasteiger partial charge in [-0.3, -0.25) is 0 Å². The Labute approximate surface area is 132 Å². The van der Waals surface area contributed by atoms with E-state index in [1.54, 1.807) is 0 Å². The summed E-state index contributed by atoms with van der Waals surface area (Å²) in [7, 11) is 0. The number of benzene rings is 1. The fourth-order valence-corrected chi connectivity index (χ4v) is 2.69. The zero-order valence-corrected chi connectivity index (χ0v) is 13.5. The van der Waals surface area contributed by atoms with Gasteiger partial charge in [0.25, 0.3) is 0 Å². The van der Waals surface area contributed by atoms with Gasteiger partial charge in [0, 0.05) is 16.1 Å². The van der Waals surface area contributed by atoms with Crippen molar-refractivity contribution in [2.75, 3.05) is 19.8 Å². The van der Waals surface area contributed by atoms with Gasteiger partial charge in [-0.25, -0.2) is 0 Å². The number of halogens is 1. The minimum absolute atomic E-state index is 0.133. The van der Waals surface area contributed by atoms with Gasteiger partial charge in [-0.15, -0.1) is 0 Å². The Balaban J connectivity index is 1.76. The lowest BCUT2D eigenvalue weighted by Crippen LogP contribution is -2.34. The highest BCUT2D eigenvalue weighted by molar-refractivity contribution is 9.10. The Morgan fingerprint density at radius 2 is 2.10 bits per heavy atom. The molecule has 0 radical (unpaired) electrons. The van der Waals surface area contributed by atoms with E-state index < -0.39 is 0 Å². The van der Waals surface area contributed by atoms with Gasteiger partial charge in [0.05, 0.1) is 19.1 Å². The van der Waals surface area contributed by atoms with E-state index in [2.05, 4.69) is 38.3 Å². The minimum atomic E-state index is 0.133. The van der Waals surface area contributed by atoms with Crippen molar-refractivity contribution < 1.29 is 9.26 Å². The van der Waals surface area contributed by atoms with Gasteiger partial charge in [-0.1, -0.05) is 28.0 Å². The summed E-state index contributed by atoms with van der Waals surface area (Å²) >= 11 is 3.42. The van der Waals surface area contributed by atoms with E-state index >= 15 is 0 Å². The maximum absolute atomic E-state index is 5.56. The normalized spacial score (nSPS) is 21.8. The molecule has 5 nitrogen and oxygen atoms in total. The predicted octanol–water partition coefficient (Wildman–Crippen LogP) is 2.98. The van der Waals surface area contributed by atoms with Gasteiger partial charge in [-0.2, -0.15) is 4.98 Å². The Hall–Kier alpha value is -1.24. The lowest BCUT2D eigenvalue weighted by atomic mass is 10.0. The second-order valence-electron chi connectivity index (χ2n) is 5.17. The Kier molecular flexibility index (Phi) is 4.67. The van der Waals surface area contributed by atoms with Crippen LogP contribution in [-0.2, 0) is 4.74 Å². The first kappa shape index (κ1) is 14.7. The van der Waals surface area contributed by atoms with Gasteiger partial charge in [-0.05, 0) is 37.2 Å². The molecule has 2 atom stereocenters. The predicted molar refractivity (Wildman–Crippen MR) is 83.1 cm³/mol. The third-order valence-corrected chi connectivity index (χ3v) is 4.13. The van der Waals surface area contributed by atoms with E-state index in [1.807, 2.05) is 24.3 Å². The molecule has 6 heteroatoms. The maximum atomic E-state index is 5.56. The van der Waals surface area contributed by atoms with E-state index in [4.69, 9.17) is 9.26 Å². The zero-order valence-electron chi connectivity index (χ0n) is 11.9. The molecule has 0 amide bonds. The molecule has 2 aromatic rings. The summed E-state index contributed by atoms with van der Waals surface area (Å²) < 4.78 is 12.0. The minimum Gasteiger partial charge on any atom is -0.379 e. The molecule has 1 saturated heterocycles. The molecule has 0 aliphatic carbocycles. The van der Waals surface area contributed by atoms with Crippen LogP contribution in [-0.4, -0.2) is 35.9 Å². The van der Waals surface area contributed by atoms with Crippen LogP contribution in [0.3, 0.4) is 0 Å². The van der Waals surface area contributed by atoms with Crippen molar-refractivity contribution in [3.05, 3.63) is 34.6 Å². The summed E-state index contributed by atoms with van der Waals surface area (Å²) in [5.74, 6) is 1.41. The van der Waals surface area contributed by atoms with Crippen molar-refractivity contribution >= 4 is 15.9 Å². The first-order valence-corrected chi connectivity index (χ1v) is 7.98. The first-order valence-electron chi connectivity index (χ1n) is 7.18. The molecule has 112 valence electrons. The second-order valence-corrected chi connectivity index (χ2v) is 6.08. The lowest BCUT2D eigenvalue weighted by molar-refractivity contribution is 0.184. The molecule has 2 unspecified atom stereocenters. The van der Waals surface area contributed by atoms with E-state index in [0.29, 0.717) is 24.9 Å². The molecule has 3 rings (SSSR count). The molecular formula is C15H18BrN3O2. The highest BCUT2D eigenvalue weighted by Crippen LogP contribution is 2.27. The standard InChI is InChI=1S/C15H18BrN3O2/c1-2-7-17-13-9-20-8-12(13)15-18-14(19-21-15)10-3-5-11(16)6-4-10/h3-6,12-13,17H,2,7-9H2,1H3. The van der Waals surface area contributed by atoms with Crippen LogP contribution >= 0.6 is 15.9 Å². The van der Waals surface area contributed by atoms with Crippen LogP contribution in [0.1, 0.15) is 25.2 Å². The quantitative estimate of drug-likeness (QED) is 0.897. The van der Waals surface area contributed by atoms with Gasteiger partial charge in [0.2, 0.25) is 11.7 Å². The van der Waals surface area contributed by atoms with Crippen LogP contribution in [0.4, 0.5) is 0 Å². The van der Waals surface area contributed by atoms with Gasteiger partial charge in [0.1, 0.15) is 0 Å². The zero-order chi connectivity index (χ0) is 14.7. The molecule has 0 spiro atoms. The number of rotatable bonds is 5. The number of hydrogen-bond donors (Lipinski definition) is 1. The molecule has 0 saturated carbocycles. The summed E-state index contributed by atoms with van der Waals surface area (Å²) in [4.78, 5) is 4.54. The smallest absolute Gasteiger partial charge is 0.234 e. The second kappa shape index (κ2) is 6.68. The van der Waals surface area contributed by atoms with Crippen molar-refractivity contribution in [1.29, 1.82) is 0 Å². The maximum Gasteiger partial charge on any atom is 0.234 e. The number of ether oxygens (including phenoxy) is 1. The molecule has 1 N–H and O–H groups in total. The topological polar surface area (TPSA) is 60.2 Å². The van der Waals surface area contributed by atoms with E-state index in [0.717, 1.165) is 23.0 Å². The van der Waals surface area contributed by atoms with Crippen LogP contribution in [0.15, 0.2) is 33.3 Å². The first-order chi connectivity index (χ1) is 10.3. The highest BCUT2D eigenvalue weighted by Gasteiger charge is 2.33. The molecule has 21 heavy (non-hydrogen) atoms. The van der Waals surface area contributed by atoms with Crippen LogP contribution in [0.25, 0.3) is 11.4 Å². The third kappa shape index (κ3) is 3.33. The fraction of sp³-hybridized carbons (Fsp3) is 0.467. The summed E-state index contributed by atoms with van der Waals surface area (Å²) in [6.07, 6.45) is 1.09. The molecule has 1 aliphatic heterocycles. The number of aromatic nitrogens is 2. The van der Waals surface area contributed by atoms with Gasteiger partial charge in [0.15, 0.2) is 0 Å². The monoisotopic (exact) mass is 351 g/mol. The average Bonchev–Trinajstić information content (AvgIpc) is 3.14. The average molecular weight is 352 g/mol. The molecule has 1 aromatic heterocycles. The molecule has 1 fully saturated rings. The van der Waals surface area contributed by atoms with Crippen molar-refractivity contribution in [3.8, 4) is 11.4 Å². The summed E-state index contributed by atoms with van der Waals surface area (Å²) in [5, 5.41) is 7.57.